The van der Waals surface area contributed by atoms with Crippen molar-refractivity contribution < 1.29 is 40.7 Å². The minimum atomic E-state index is -4.79. The van der Waals surface area contributed by atoms with Crippen LogP contribution in [0.5, 0.6) is 5.75 Å². The summed E-state index contributed by atoms with van der Waals surface area (Å²) in [5.41, 5.74) is 0.348. The molecule has 0 fully saturated rings. The summed E-state index contributed by atoms with van der Waals surface area (Å²) in [6, 6.07) is 15.3. The van der Waals surface area contributed by atoms with Crippen LogP contribution in [-0.2, 0) is 30.5 Å². The lowest BCUT2D eigenvalue weighted by Gasteiger charge is -2.25. The number of benzene rings is 3. The summed E-state index contributed by atoms with van der Waals surface area (Å²) in [7, 11) is -4.52. The van der Waals surface area contributed by atoms with Crippen LogP contribution in [0.2, 0.25) is 5.02 Å². The minimum absolute atomic E-state index is 0.260. The zero-order valence-corrected chi connectivity index (χ0v) is 24.3. The molecule has 14 heteroatoms. The molecule has 0 unspecified atom stereocenters. The van der Waals surface area contributed by atoms with Crippen molar-refractivity contribution in [2.45, 2.75) is 37.4 Å². The normalized spacial score (nSPS) is 12.2. The van der Waals surface area contributed by atoms with Gasteiger partial charge in [-0.15, -0.1) is 0 Å². The fourth-order valence-corrected chi connectivity index (χ4v) is 5.13. The van der Waals surface area contributed by atoms with Crippen LogP contribution in [0.15, 0.2) is 82.8 Å². The lowest BCUT2D eigenvalue weighted by atomic mass is 10.2. The Labute approximate surface area is 245 Å². The molecule has 0 aromatic heterocycles. The lowest BCUT2D eigenvalue weighted by Crippen LogP contribution is -2.40. The summed E-state index contributed by atoms with van der Waals surface area (Å²) >= 11 is 6.11. The van der Waals surface area contributed by atoms with Crippen molar-refractivity contribution in [3.63, 3.8) is 0 Å². The Bertz CT molecular complexity index is 1540. The first-order chi connectivity index (χ1) is 19.6. The predicted molar refractivity (Wildman–Crippen MR) is 151 cm³/mol. The summed E-state index contributed by atoms with van der Waals surface area (Å²) < 4.78 is 78.0. The van der Waals surface area contributed by atoms with Gasteiger partial charge in [-0.3, -0.25) is 9.10 Å². The molecule has 3 aromatic carbocycles. The van der Waals surface area contributed by atoms with E-state index in [9.17, 15) is 31.2 Å². The van der Waals surface area contributed by atoms with Gasteiger partial charge >= 0.3 is 12.1 Å². The zero-order chi connectivity index (χ0) is 31.1. The van der Waals surface area contributed by atoms with Crippen LogP contribution in [-0.4, -0.2) is 45.3 Å². The van der Waals surface area contributed by atoms with Crippen LogP contribution >= 0.6 is 11.6 Å². The Balaban J connectivity index is 1.74. The molecule has 0 atom stereocenters. The van der Waals surface area contributed by atoms with Gasteiger partial charge < -0.3 is 9.47 Å². The Morgan fingerprint density at radius 1 is 1.00 bits per heavy atom. The van der Waals surface area contributed by atoms with E-state index in [1.54, 1.807) is 51.1 Å². The highest BCUT2D eigenvalue weighted by molar-refractivity contribution is 7.92. The molecule has 1 amide bonds. The quantitative estimate of drug-likeness (QED) is 0.183. The van der Waals surface area contributed by atoms with Gasteiger partial charge in [0, 0.05) is 0 Å². The number of ether oxygens (including phenoxy) is 2. The van der Waals surface area contributed by atoms with Gasteiger partial charge in [-0.1, -0.05) is 29.8 Å². The predicted octanol–water partition coefficient (Wildman–Crippen LogP) is 5.42. The van der Waals surface area contributed by atoms with Crippen LogP contribution in [0.3, 0.4) is 0 Å². The van der Waals surface area contributed by atoms with E-state index in [0.29, 0.717) is 27.8 Å². The van der Waals surface area contributed by atoms with E-state index >= 15 is 0 Å². The van der Waals surface area contributed by atoms with Crippen molar-refractivity contribution in [2.24, 2.45) is 5.10 Å². The lowest BCUT2D eigenvalue weighted by molar-refractivity contribution is -0.157. The van der Waals surface area contributed by atoms with Gasteiger partial charge in [0.2, 0.25) is 0 Å². The summed E-state index contributed by atoms with van der Waals surface area (Å²) in [6.45, 7) is 3.99. The van der Waals surface area contributed by atoms with E-state index in [2.05, 4.69) is 10.5 Å². The molecule has 0 saturated heterocycles. The molecule has 3 rings (SSSR count). The van der Waals surface area contributed by atoms with Crippen molar-refractivity contribution in [3.05, 3.63) is 88.9 Å². The number of hydrazone groups is 1. The number of nitrogens with zero attached hydrogens (tertiary/aromatic N) is 2. The third-order valence-electron chi connectivity index (χ3n) is 5.22. The maximum atomic E-state index is 13.4. The number of nitrogens with one attached hydrogen (secondary N) is 1. The molecule has 0 saturated carbocycles. The number of esters is 1. The molecule has 0 aliphatic heterocycles. The van der Waals surface area contributed by atoms with Crippen LogP contribution in [0.25, 0.3) is 0 Å². The van der Waals surface area contributed by atoms with Crippen molar-refractivity contribution in [1.82, 2.24) is 5.43 Å². The second-order valence-corrected chi connectivity index (χ2v) is 12.0. The Hall–Kier alpha value is -4.10. The molecule has 0 aliphatic rings. The molecular formula is C28H27ClF3N3O6S. The number of carbonyl (C=O) groups excluding carboxylic acids is 2. The molecule has 0 radical (unpaired) electrons. The third-order valence-corrected chi connectivity index (χ3v) is 7.31. The van der Waals surface area contributed by atoms with E-state index in [-0.39, 0.29) is 16.5 Å². The van der Waals surface area contributed by atoms with Gasteiger partial charge in [-0.2, -0.15) is 18.3 Å². The van der Waals surface area contributed by atoms with Gasteiger partial charge in [0.15, 0.2) is 6.61 Å². The number of anilines is 1. The molecular weight excluding hydrogens is 599 g/mol. The Kier molecular flexibility index (Phi) is 10.2. The largest absolute Gasteiger partial charge is 0.482 e. The smallest absolute Gasteiger partial charge is 0.416 e. The molecule has 9 nitrogen and oxygen atoms in total. The Morgan fingerprint density at radius 2 is 1.64 bits per heavy atom. The van der Waals surface area contributed by atoms with E-state index in [4.69, 9.17) is 21.1 Å². The fourth-order valence-electron chi connectivity index (χ4n) is 3.41. The number of halogens is 4. The summed E-state index contributed by atoms with van der Waals surface area (Å²) in [5.74, 6) is -1.11. The summed E-state index contributed by atoms with van der Waals surface area (Å²) in [5, 5.41) is 3.48. The monoisotopic (exact) mass is 625 g/mol. The van der Waals surface area contributed by atoms with Gasteiger partial charge in [0.05, 0.1) is 27.4 Å². The van der Waals surface area contributed by atoms with Crippen molar-refractivity contribution in [3.8, 4) is 5.75 Å². The highest BCUT2D eigenvalue weighted by atomic mass is 35.5. The molecule has 0 bridgehead atoms. The SMILES string of the molecule is CC(C)(C)OC(=O)COc1ccc(/C=N\NC(=O)CN(c2cc(C(F)(F)F)ccc2Cl)S(=O)(=O)c2ccccc2)cc1. The molecule has 0 aliphatic carbocycles. The first kappa shape index (κ1) is 32.4. The first-order valence-electron chi connectivity index (χ1n) is 12.3. The van der Waals surface area contributed by atoms with Crippen LogP contribution in [0.4, 0.5) is 18.9 Å². The maximum absolute atomic E-state index is 13.4. The van der Waals surface area contributed by atoms with Gasteiger partial charge in [0.25, 0.3) is 15.9 Å². The molecule has 42 heavy (non-hydrogen) atoms. The summed E-state index contributed by atoms with van der Waals surface area (Å²) in [4.78, 5) is 24.3. The fraction of sp³-hybridized carbons (Fsp3) is 0.250. The standard InChI is InChI=1S/C28H27ClF3N3O6S/c1-27(2,3)41-26(37)18-40-21-12-9-19(10-13-21)16-33-34-25(36)17-35(42(38,39)22-7-5-4-6-8-22)24-15-20(28(30,31)32)11-14-23(24)29/h4-16H,17-18H2,1-3H3,(H,34,36)/b33-16-. The number of rotatable bonds is 10. The minimum Gasteiger partial charge on any atom is -0.482 e. The molecule has 0 spiro atoms. The number of amides is 1. The number of hydrogen-bond acceptors (Lipinski definition) is 7. The number of sulfonamides is 1. The van der Waals surface area contributed by atoms with Crippen LogP contribution in [0, 0.1) is 0 Å². The summed E-state index contributed by atoms with van der Waals surface area (Å²) in [6.07, 6.45) is -3.53. The van der Waals surface area contributed by atoms with Gasteiger partial charge in [-0.25, -0.2) is 18.6 Å². The number of hydrogen-bond donors (Lipinski definition) is 1. The second kappa shape index (κ2) is 13.3. The van der Waals surface area contributed by atoms with E-state index in [1.165, 1.54) is 30.5 Å². The second-order valence-electron chi connectivity index (χ2n) is 9.73. The van der Waals surface area contributed by atoms with Crippen molar-refractivity contribution >= 4 is 45.4 Å². The molecule has 1 N–H and O–H groups in total. The van der Waals surface area contributed by atoms with Crippen molar-refractivity contribution in [1.29, 1.82) is 0 Å². The maximum Gasteiger partial charge on any atom is 0.416 e. The Morgan fingerprint density at radius 3 is 2.24 bits per heavy atom. The first-order valence-corrected chi connectivity index (χ1v) is 14.1. The number of carbonyl (C=O) groups is 2. The molecule has 3 aromatic rings. The third kappa shape index (κ3) is 9.21. The van der Waals surface area contributed by atoms with Gasteiger partial charge in [-0.05, 0) is 80.9 Å². The van der Waals surface area contributed by atoms with E-state index < -0.39 is 51.5 Å². The number of alkyl halides is 3. The van der Waals surface area contributed by atoms with Crippen LogP contribution < -0.4 is 14.5 Å². The highest BCUT2D eigenvalue weighted by Gasteiger charge is 2.34. The van der Waals surface area contributed by atoms with Crippen molar-refractivity contribution in [2.75, 3.05) is 17.5 Å². The topological polar surface area (TPSA) is 114 Å². The molecule has 0 heterocycles. The zero-order valence-electron chi connectivity index (χ0n) is 22.7. The average Bonchev–Trinajstić information content (AvgIpc) is 2.90. The van der Waals surface area contributed by atoms with E-state index in [0.717, 1.165) is 6.07 Å². The van der Waals surface area contributed by atoms with Crippen LogP contribution in [0.1, 0.15) is 31.9 Å². The van der Waals surface area contributed by atoms with E-state index in [1.807, 2.05) is 0 Å². The average molecular weight is 626 g/mol. The highest BCUT2D eigenvalue weighted by Crippen LogP contribution is 2.37. The van der Waals surface area contributed by atoms with Gasteiger partial charge in [0.1, 0.15) is 17.9 Å². The molecule has 224 valence electrons.